The van der Waals surface area contributed by atoms with Crippen LogP contribution in [0.25, 0.3) is 6.08 Å². The van der Waals surface area contributed by atoms with Crippen molar-refractivity contribution in [3.05, 3.63) is 94.2 Å². The molecule has 0 aliphatic carbocycles. The third-order valence-corrected chi connectivity index (χ3v) is 6.15. The van der Waals surface area contributed by atoms with E-state index in [1.165, 1.54) is 48.0 Å². The Morgan fingerprint density at radius 1 is 1.00 bits per heavy atom. The molecule has 0 saturated carbocycles. The van der Waals surface area contributed by atoms with Crippen LogP contribution in [0.4, 0.5) is 0 Å². The highest BCUT2D eigenvalue weighted by Gasteiger charge is 2.28. The van der Waals surface area contributed by atoms with E-state index in [4.69, 9.17) is 20.5 Å². The van der Waals surface area contributed by atoms with E-state index >= 15 is 0 Å². The highest BCUT2D eigenvalue weighted by atomic mass is 35.5. The lowest BCUT2D eigenvalue weighted by atomic mass is 10.1. The van der Waals surface area contributed by atoms with Crippen LogP contribution in [0.2, 0.25) is 5.02 Å². The maximum atomic E-state index is 12.6. The Balaban J connectivity index is 1.57. The van der Waals surface area contributed by atoms with Gasteiger partial charge in [-0.15, -0.1) is 0 Å². The lowest BCUT2D eigenvalue weighted by Gasteiger charge is -2.08. The number of ether oxygens (including phenoxy) is 1. The van der Waals surface area contributed by atoms with E-state index in [-0.39, 0.29) is 27.9 Å². The smallest absolute Gasteiger partial charge is 0.339 e. The van der Waals surface area contributed by atoms with E-state index in [0.29, 0.717) is 10.6 Å². The minimum Gasteiger partial charge on any atom is -0.452 e. The highest BCUT2D eigenvalue weighted by Crippen LogP contribution is 2.35. The summed E-state index contributed by atoms with van der Waals surface area (Å²) >= 11 is 5.80. The number of hydrogen-bond acceptors (Lipinski definition) is 5. The summed E-state index contributed by atoms with van der Waals surface area (Å²) < 4.78 is 35.8. The molecule has 7 heteroatoms. The first-order valence-electron chi connectivity index (χ1n) is 9.23. The fourth-order valence-corrected chi connectivity index (χ4v) is 4.04. The summed E-state index contributed by atoms with van der Waals surface area (Å²) in [6.07, 6.45) is 2.59. The van der Waals surface area contributed by atoms with Gasteiger partial charge in [-0.3, -0.25) is 4.79 Å². The largest absolute Gasteiger partial charge is 0.452 e. The van der Waals surface area contributed by atoms with Gasteiger partial charge in [0.05, 0.1) is 5.56 Å². The zero-order valence-electron chi connectivity index (χ0n) is 16.0. The molecule has 1 aliphatic rings. The predicted molar refractivity (Wildman–Crippen MR) is 114 cm³/mol. The topological polar surface area (TPSA) is 69.7 Å². The van der Waals surface area contributed by atoms with Crippen LogP contribution in [0, 0.1) is 0 Å². The van der Waals surface area contributed by atoms with Crippen molar-refractivity contribution < 1.29 is 22.1 Å². The highest BCUT2D eigenvalue weighted by molar-refractivity contribution is 7.87. The maximum absolute atomic E-state index is 12.6. The van der Waals surface area contributed by atoms with Crippen LogP contribution in [-0.4, -0.2) is 14.2 Å². The number of allylic oxidation sites excluding steroid dienone is 1. The predicted octanol–water partition coefficient (Wildman–Crippen LogP) is 5.29. The molecule has 152 valence electrons. The van der Waals surface area contributed by atoms with Gasteiger partial charge in [0, 0.05) is 11.1 Å². The van der Waals surface area contributed by atoms with Gasteiger partial charge in [-0.25, -0.2) is 0 Å². The van der Waals surface area contributed by atoms with Crippen molar-refractivity contribution in [1.82, 2.24) is 0 Å². The second kappa shape index (κ2) is 7.97. The van der Waals surface area contributed by atoms with Crippen LogP contribution in [0.15, 0.2) is 77.4 Å². The number of rotatable bonds is 5. The number of benzene rings is 3. The number of fused-ring (bicyclic) bond motifs is 1. The summed E-state index contributed by atoms with van der Waals surface area (Å²) in [5.74, 6) is 0.203. The number of hydrogen-bond donors (Lipinski definition) is 0. The first kappa shape index (κ1) is 20.2. The standard InChI is InChI=1S/C23H17ClO5S/c1-2-15-3-5-16(6-4-15)13-22-23(25)20-12-9-18(14-21(20)28-22)29-30(26,27)19-10-7-17(24)8-11-19/h3-14H,2H2,1H3/b22-13-. The van der Waals surface area contributed by atoms with E-state index in [1.807, 2.05) is 24.3 Å². The van der Waals surface area contributed by atoms with Crippen molar-refractivity contribution in [3.8, 4) is 11.5 Å². The molecule has 0 unspecified atom stereocenters. The van der Waals surface area contributed by atoms with Gasteiger partial charge in [0.2, 0.25) is 5.78 Å². The maximum Gasteiger partial charge on any atom is 0.339 e. The molecule has 1 aliphatic heterocycles. The van der Waals surface area contributed by atoms with Crippen molar-refractivity contribution in [3.63, 3.8) is 0 Å². The molecule has 0 amide bonds. The van der Waals surface area contributed by atoms with Crippen LogP contribution in [0.3, 0.4) is 0 Å². The van der Waals surface area contributed by atoms with Gasteiger partial charge in [-0.2, -0.15) is 8.42 Å². The molecule has 5 nitrogen and oxygen atoms in total. The van der Waals surface area contributed by atoms with Gasteiger partial charge in [-0.1, -0.05) is 42.8 Å². The van der Waals surface area contributed by atoms with Crippen molar-refractivity contribution in [1.29, 1.82) is 0 Å². The van der Waals surface area contributed by atoms with Crippen molar-refractivity contribution in [2.24, 2.45) is 0 Å². The van der Waals surface area contributed by atoms with Gasteiger partial charge < -0.3 is 8.92 Å². The van der Waals surface area contributed by atoms with Crippen LogP contribution >= 0.6 is 11.6 Å². The molecule has 0 spiro atoms. The third kappa shape index (κ3) is 4.10. The molecule has 0 bridgehead atoms. The molecule has 3 aromatic carbocycles. The van der Waals surface area contributed by atoms with Gasteiger partial charge in [0.15, 0.2) is 5.76 Å². The van der Waals surface area contributed by atoms with Crippen molar-refractivity contribution >= 4 is 33.6 Å². The summed E-state index contributed by atoms with van der Waals surface area (Å²) in [4.78, 5) is 12.6. The van der Waals surface area contributed by atoms with E-state index in [0.717, 1.165) is 12.0 Å². The fraction of sp³-hybridized carbons (Fsp3) is 0.0870. The Morgan fingerprint density at radius 2 is 1.70 bits per heavy atom. The normalized spacial score (nSPS) is 14.5. The van der Waals surface area contributed by atoms with E-state index in [9.17, 15) is 13.2 Å². The molecule has 30 heavy (non-hydrogen) atoms. The second-order valence-corrected chi connectivity index (χ2v) is 8.67. The SMILES string of the molecule is CCc1ccc(/C=C2\Oc3cc(OS(=O)(=O)c4ccc(Cl)cc4)ccc3C2=O)cc1. The van der Waals surface area contributed by atoms with Crippen LogP contribution in [-0.2, 0) is 16.5 Å². The van der Waals surface area contributed by atoms with E-state index in [1.54, 1.807) is 6.08 Å². The summed E-state index contributed by atoms with van der Waals surface area (Å²) in [5, 5.41) is 0.419. The molecule has 3 aromatic rings. The summed E-state index contributed by atoms with van der Waals surface area (Å²) in [7, 11) is -4.04. The zero-order valence-corrected chi connectivity index (χ0v) is 17.5. The molecule has 0 saturated heterocycles. The molecule has 0 aromatic heterocycles. The van der Waals surface area contributed by atoms with Crippen molar-refractivity contribution in [2.45, 2.75) is 18.2 Å². The van der Waals surface area contributed by atoms with Crippen LogP contribution < -0.4 is 8.92 Å². The zero-order chi connectivity index (χ0) is 21.3. The van der Waals surface area contributed by atoms with Gasteiger partial charge in [0.1, 0.15) is 16.4 Å². The number of Topliss-reactive ketones (excluding diaryl/α,β-unsaturated/α-hetero) is 1. The first-order valence-corrected chi connectivity index (χ1v) is 11.0. The number of carbonyl (C=O) groups is 1. The van der Waals surface area contributed by atoms with E-state index in [2.05, 4.69) is 6.92 Å². The quantitative estimate of drug-likeness (QED) is 0.398. The Morgan fingerprint density at radius 3 is 2.37 bits per heavy atom. The monoisotopic (exact) mass is 440 g/mol. The minimum absolute atomic E-state index is 0.0273. The van der Waals surface area contributed by atoms with E-state index < -0.39 is 10.1 Å². The van der Waals surface area contributed by atoms with Crippen molar-refractivity contribution in [2.75, 3.05) is 0 Å². The Labute approximate surface area is 179 Å². The average Bonchev–Trinajstić information content (AvgIpc) is 3.03. The van der Waals surface area contributed by atoms with Gasteiger partial charge >= 0.3 is 10.1 Å². The molecule has 4 rings (SSSR count). The molecular formula is C23H17ClO5S. The first-order chi connectivity index (χ1) is 14.4. The second-order valence-electron chi connectivity index (χ2n) is 6.68. The fourth-order valence-electron chi connectivity index (χ4n) is 3.00. The number of halogens is 1. The molecule has 0 fully saturated rings. The molecular weight excluding hydrogens is 424 g/mol. The number of aryl methyl sites for hydroxylation is 1. The third-order valence-electron chi connectivity index (χ3n) is 4.64. The summed E-state index contributed by atoms with van der Waals surface area (Å²) in [5.41, 5.74) is 2.38. The van der Waals surface area contributed by atoms with Crippen LogP contribution in [0.1, 0.15) is 28.4 Å². The van der Waals surface area contributed by atoms with Gasteiger partial charge in [0.25, 0.3) is 0 Å². The number of ketones is 1. The van der Waals surface area contributed by atoms with Crippen LogP contribution in [0.5, 0.6) is 11.5 Å². The number of carbonyl (C=O) groups excluding carboxylic acids is 1. The molecule has 0 radical (unpaired) electrons. The lowest BCUT2D eigenvalue weighted by Crippen LogP contribution is -2.09. The molecule has 0 atom stereocenters. The Kier molecular flexibility index (Phi) is 5.37. The summed E-state index contributed by atoms with van der Waals surface area (Å²) in [6.45, 7) is 2.07. The summed E-state index contributed by atoms with van der Waals surface area (Å²) in [6, 6.07) is 17.8. The molecule has 1 heterocycles. The average molecular weight is 441 g/mol. The Bertz CT molecular complexity index is 1240. The minimum atomic E-state index is -4.04. The Hall–Kier alpha value is -3.09. The van der Waals surface area contributed by atoms with Gasteiger partial charge in [-0.05, 0) is 60.0 Å². The lowest BCUT2D eigenvalue weighted by molar-refractivity contribution is 0.101. The molecule has 0 N–H and O–H groups in total.